The number of carbonyl (C=O) groups is 1. The van der Waals surface area contributed by atoms with Crippen LogP contribution in [0.2, 0.25) is 0 Å². The van der Waals surface area contributed by atoms with Gasteiger partial charge in [0.05, 0.1) is 32.7 Å². The van der Waals surface area contributed by atoms with E-state index in [2.05, 4.69) is 21.5 Å². The molecule has 4 rings (SSSR count). The van der Waals surface area contributed by atoms with Crippen molar-refractivity contribution in [3.8, 4) is 5.69 Å². The number of thiazole rings is 1. The zero-order chi connectivity index (χ0) is 17.1. The summed E-state index contributed by atoms with van der Waals surface area (Å²) in [7, 11) is 0. The second kappa shape index (κ2) is 6.86. The molecule has 2 heterocycles. The van der Waals surface area contributed by atoms with Gasteiger partial charge in [-0.2, -0.15) is 5.10 Å². The molecule has 0 saturated heterocycles. The van der Waals surface area contributed by atoms with Gasteiger partial charge in [-0.1, -0.05) is 30.3 Å². The van der Waals surface area contributed by atoms with E-state index in [1.807, 2.05) is 48.5 Å². The quantitative estimate of drug-likeness (QED) is 0.601. The summed E-state index contributed by atoms with van der Waals surface area (Å²) in [6.45, 7) is 0.551. The van der Waals surface area contributed by atoms with Crippen molar-refractivity contribution in [1.82, 2.24) is 20.1 Å². The Morgan fingerprint density at radius 2 is 1.88 bits per heavy atom. The van der Waals surface area contributed by atoms with Crippen molar-refractivity contribution >= 4 is 27.5 Å². The monoisotopic (exact) mass is 348 g/mol. The standard InChI is InChI=1S/C19H16N4OS/c24-19(14-12-21-23(13-14)15-6-2-1-3-7-15)20-11-10-18-22-16-8-4-5-9-17(16)25-18/h1-9,12-13H,10-11H2,(H,20,24). The van der Waals surface area contributed by atoms with Gasteiger partial charge in [0, 0.05) is 19.2 Å². The third kappa shape index (κ3) is 3.44. The molecule has 1 N–H and O–H groups in total. The molecular weight excluding hydrogens is 332 g/mol. The summed E-state index contributed by atoms with van der Waals surface area (Å²) in [5.41, 5.74) is 2.49. The van der Waals surface area contributed by atoms with Crippen molar-refractivity contribution in [3.05, 3.63) is 77.6 Å². The molecule has 124 valence electrons. The van der Waals surface area contributed by atoms with Crippen LogP contribution in [0.5, 0.6) is 0 Å². The Balaban J connectivity index is 1.37. The Morgan fingerprint density at radius 1 is 1.08 bits per heavy atom. The van der Waals surface area contributed by atoms with E-state index in [1.54, 1.807) is 28.4 Å². The molecule has 0 radical (unpaired) electrons. The van der Waals surface area contributed by atoms with E-state index in [4.69, 9.17) is 0 Å². The van der Waals surface area contributed by atoms with Gasteiger partial charge in [-0.05, 0) is 24.3 Å². The molecule has 0 aliphatic carbocycles. The molecule has 4 aromatic rings. The van der Waals surface area contributed by atoms with E-state index in [0.29, 0.717) is 12.1 Å². The van der Waals surface area contributed by atoms with Gasteiger partial charge in [-0.25, -0.2) is 9.67 Å². The third-order valence-corrected chi connectivity index (χ3v) is 4.92. The lowest BCUT2D eigenvalue weighted by atomic mass is 10.3. The zero-order valence-electron chi connectivity index (χ0n) is 13.4. The van der Waals surface area contributed by atoms with Crippen molar-refractivity contribution in [1.29, 1.82) is 0 Å². The van der Waals surface area contributed by atoms with E-state index < -0.39 is 0 Å². The first kappa shape index (κ1) is 15.5. The molecule has 0 spiro atoms. The highest BCUT2D eigenvalue weighted by molar-refractivity contribution is 7.18. The molecular formula is C19H16N4OS. The van der Waals surface area contributed by atoms with E-state index in [1.165, 1.54) is 4.70 Å². The molecule has 0 fully saturated rings. The summed E-state index contributed by atoms with van der Waals surface area (Å²) in [6.07, 6.45) is 4.04. The summed E-state index contributed by atoms with van der Waals surface area (Å²) < 4.78 is 2.87. The van der Waals surface area contributed by atoms with E-state index in [9.17, 15) is 4.79 Å². The maximum Gasteiger partial charge on any atom is 0.254 e. The van der Waals surface area contributed by atoms with E-state index in [0.717, 1.165) is 22.6 Å². The second-order valence-electron chi connectivity index (χ2n) is 5.59. The molecule has 0 bridgehead atoms. The van der Waals surface area contributed by atoms with Crippen molar-refractivity contribution in [2.24, 2.45) is 0 Å². The van der Waals surface area contributed by atoms with Gasteiger partial charge in [0.1, 0.15) is 0 Å². The smallest absolute Gasteiger partial charge is 0.254 e. The number of hydrogen-bond acceptors (Lipinski definition) is 4. The number of para-hydroxylation sites is 2. The highest BCUT2D eigenvalue weighted by atomic mass is 32.1. The summed E-state index contributed by atoms with van der Waals surface area (Å²) in [5.74, 6) is -0.122. The van der Waals surface area contributed by atoms with Crippen LogP contribution in [-0.4, -0.2) is 27.2 Å². The lowest BCUT2D eigenvalue weighted by Crippen LogP contribution is -2.25. The number of rotatable bonds is 5. The summed E-state index contributed by atoms with van der Waals surface area (Å²) in [6, 6.07) is 17.8. The van der Waals surface area contributed by atoms with Crippen molar-refractivity contribution < 1.29 is 4.79 Å². The van der Waals surface area contributed by atoms with Crippen molar-refractivity contribution in [2.45, 2.75) is 6.42 Å². The Hall–Kier alpha value is -2.99. The zero-order valence-corrected chi connectivity index (χ0v) is 14.2. The van der Waals surface area contributed by atoms with Gasteiger partial charge >= 0.3 is 0 Å². The number of carbonyl (C=O) groups excluding carboxylic acids is 1. The Morgan fingerprint density at radius 3 is 2.72 bits per heavy atom. The molecule has 0 saturated carbocycles. The normalized spacial score (nSPS) is 10.9. The average Bonchev–Trinajstić information content (AvgIpc) is 3.29. The Labute approximate surface area is 149 Å². The minimum Gasteiger partial charge on any atom is -0.352 e. The molecule has 2 aromatic carbocycles. The van der Waals surface area contributed by atoms with Crippen LogP contribution in [0.15, 0.2) is 67.0 Å². The predicted molar refractivity (Wildman–Crippen MR) is 99.2 cm³/mol. The van der Waals surface area contributed by atoms with Crippen LogP contribution in [-0.2, 0) is 6.42 Å². The van der Waals surface area contributed by atoms with Crippen molar-refractivity contribution in [2.75, 3.05) is 6.54 Å². The van der Waals surface area contributed by atoms with Gasteiger partial charge in [-0.15, -0.1) is 11.3 Å². The molecule has 1 amide bonds. The summed E-state index contributed by atoms with van der Waals surface area (Å²) in [4.78, 5) is 16.8. The molecule has 0 aliphatic heterocycles. The van der Waals surface area contributed by atoms with Crippen LogP contribution >= 0.6 is 11.3 Å². The first-order valence-electron chi connectivity index (χ1n) is 8.02. The number of aromatic nitrogens is 3. The average molecular weight is 348 g/mol. The second-order valence-corrected chi connectivity index (χ2v) is 6.71. The highest BCUT2D eigenvalue weighted by Gasteiger charge is 2.10. The van der Waals surface area contributed by atoms with Gasteiger partial charge in [0.2, 0.25) is 0 Å². The first-order valence-corrected chi connectivity index (χ1v) is 8.84. The number of amides is 1. The van der Waals surface area contributed by atoms with Gasteiger partial charge in [0.15, 0.2) is 0 Å². The Kier molecular flexibility index (Phi) is 4.26. The maximum atomic E-state index is 12.3. The van der Waals surface area contributed by atoms with Crippen molar-refractivity contribution in [3.63, 3.8) is 0 Å². The maximum absolute atomic E-state index is 12.3. The van der Waals surface area contributed by atoms with Crippen LogP contribution in [0.25, 0.3) is 15.9 Å². The number of nitrogens with one attached hydrogen (secondary N) is 1. The lowest BCUT2D eigenvalue weighted by molar-refractivity contribution is 0.0954. The van der Waals surface area contributed by atoms with E-state index >= 15 is 0 Å². The van der Waals surface area contributed by atoms with Crippen LogP contribution in [0, 0.1) is 0 Å². The lowest BCUT2D eigenvalue weighted by Gasteiger charge is -2.01. The number of fused-ring (bicyclic) bond motifs is 1. The Bertz CT molecular complexity index is 973. The fraction of sp³-hybridized carbons (Fsp3) is 0.105. The van der Waals surface area contributed by atoms with Crippen LogP contribution in [0.4, 0.5) is 0 Å². The molecule has 0 aliphatic rings. The summed E-state index contributed by atoms with van der Waals surface area (Å²) in [5, 5.41) is 8.21. The number of hydrogen-bond donors (Lipinski definition) is 1. The molecule has 25 heavy (non-hydrogen) atoms. The third-order valence-electron chi connectivity index (χ3n) is 3.83. The SMILES string of the molecule is O=C(NCCc1nc2ccccc2s1)c1cnn(-c2ccccc2)c1. The molecule has 0 unspecified atom stereocenters. The molecule has 5 nitrogen and oxygen atoms in total. The van der Waals surface area contributed by atoms with E-state index in [-0.39, 0.29) is 5.91 Å². The first-order chi connectivity index (χ1) is 12.3. The molecule has 6 heteroatoms. The molecule has 0 atom stereocenters. The van der Waals surface area contributed by atoms with Crippen LogP contribution < -0.4 is 5.32 Å². The van der Waals surface area contributed by atoms with Gasteiger partial charge in [0.25, 0.3) is 5.91 Å². The number of nitrogens with zero attached hydrogens (tertiary/aromatic N) is 3. The van der Waals surface area contributed by atoms with Gasteiger partial charge in [-0.3, -0.25) is 4.79 Å². The minimum atomic E-state index is -0.122. The van der Waals surface area contributed by atoms with Crippen LogP contribution in [0.1, 0.15) is 15.4 Å². The largest absolute Gasteiger partial charge is 0.352 e. The predicted octanol–water partition coefficient (Wildman–Crippen LogP) is 3.45. The summed E-state index contributed by atoms with van der Waals surface area (Å²) >= 11 is 1.67. The van der Waals surface area contributed by atoms with Gasteiger partial charge < -0.3 is 5.32 Å². The fourth-order valence-corrected chi connectivity index (χ4v) is 3.54. The number of benzene rings is 2. The topological polar surface area (TPSA) is 59.8 Å². The minimum absolute atomic E-state index is 0.122. The fourth-order valence-electron chi connectivity index (χ4n) is 2.57. The molecule has 2 aromatic heterocycles. The van der Waals surface area contributed by atoms with Crippen LogP contribution in [0.3, 0.4) is 0 Å². The highest BCUT2D eigenvalue weighted by Crippen LogP contribution is 2.21.